The molecule has 1 rings (SSSR count). The number of benzene rings is 1. The lowest BCUT2D eigenvalue weighted by Crippen LogP contribution is -1.86. The zero-order valence-corrected chi connectivity index (χ0v) is 5.73. The SMILES string of the molecule is [CH]=Cc1ccc([N+](=O)[O-])cc1. The summed E-state index contributed by atoms with van der Waals surface area (Å²) in [6.07, 6.45) is 1.39. The van der Waals surface area contributed by atoms with Crippen LogP contribution in [0, 0.1) is 16.7 Å². The molecule has 0 amide bonds. The van der Waals surface area contributed by atoms with Crippen molar-refractivity contribution in [1.82, 2.24) is 0 Å². The van der Waals surface area contributed by atoms with Gasteiger partial charge in [0.25, 0.3) is 5.69 Å². The van der Waals surface area contributed by atoms with Gasteiger partial charge >= 0.3 is 0 Å². The topological polar surface area (TPSA) is 43.1 Å². The molecule has 0 spiro atoms. The maximum atomic E-state index is 10.2. The van der Waals surface area contributed by atoms with E-state index in [-0.39, 0.29) is 5.69 Å². The molecule has 1 aromatic rings. The van der Waals surface area contributed by atoms with E-state index in [0.717, 1.165) is 5.56 Å². The van der Waals surface area contributed by atoms with Gasteiger partial charge < -0.3 is 0 Å². The molecule has 3 nitrogen and oxygen atoms in total. The zero-order valence-electron chi connectivity index (χ0n) is 5.73. The third kappa shape index (κ3) is 1.64. The Morgan fingerprint density at radius 1 is 1.36 bits per heavy atom. The summed E-state index contributed by atoms with van der Waals surface area (Å²) in [5, 5.41) is 10.2. The molecule has 0 heterocycles. The van der Waals surface area contributed by atoms with Gasteiger partial charge in [-0.25, -0.2) is 0 Å². The van der Waals surface area contributed by atoms with Crippen molar-refractivity contribution in [2.24, 2.45) is 0 Å². The first-order valence-electron chi connectivity index (χ1n) is 3.03. The molecule has 0 aromatic heterocycles. The number of nitro benzene ring substituents is 1. The summed E-state index contributed by atoms with van der Waals surface area (Å²) in [7, 11) is 0. The number of non-ortho nitro benzene ring substituents is 1. The van der Waals surface area contributed by atoms with Crippen molar-refractivity contribution in [2.45, 2.75) is 0 Å². The average Bonchev–Trinajstić information content (AvgIpc) is 2.05. The largest absolute Gasteiger partial charge is 0.269 e. The van der Waals surface area contributed by atoms with E-state index in [1.54, 1.807) is 12.1 Å². The Balaban J connectivity index is 3.00. The third-order valence-corrected chi connectivity index (χ3v) is 1.30. The van der Waals surface area contributed by atoms with Crippen molar-refractivity contribution in [3.8, 4) is 0 Å². The van der Waals surface area contributed by atoms with E-state index >= 15 is 0 Å². The molecule has 0 unspecified atom stereocenters. The average molecular weight is 148 g/mol. The first-order valence-corrected chi connectivity index (χ1v) is 3.03. The van der Waals surface area contributed by atoms with Crippen LogP contribution in [0.15, 0.2) is 24.3 Å². The normalized spacial score (nSPS) is 9.09. The Morgan fingerprint density at radius 2 is 1.91 bits per heavy atom. The molecule has 1 aromatic carbocycles. The van der Waals surface area contributed by atoms with Gasteiger partial charge in [0.15, 0.2) is 0 Å². The summed E-state index contributed by atoms with van der Waals surface area (Å²) in [4.78, 5) is 9.72. The minimum Gasteiger partial charge on any atom is -0.258 e. The van der Waals surface area contributed by atoms with Crippen molar-refractivity contribution < 1.29 is 4.92 Å². The number of hydrogen-bond donors (Lipinski definition) is 0. The summed E-state index contributed by atoms with van der Waals surface area (Å²) in [6, 6.07) is 6.02. The van der Waals surface area contributed by atoms with Crippen LogP contribution in [0.4, 0.5) is 5.69 Å². The number of nitrogens with zero attached hydrogens (tertiary/aromatic N) is 1. The molecule has 0 aliphatic heterocycles. The van der Waals surface area contributed by atoms with Crippen molar-refractivity contribution in [1.29, 1.82) is 0 Å². The summed E-state index contributed by atoms with van der Waals surface area (Å²) >= 11 is 0. The number of hydrogen-bond acceptors (Lipinski definition) is 2. The van der Waals surface area contributed by atoms with Crippen LogP contribution in [-0.4, -0.2) is 4.92 Å². The van der Waals surface area contributed by atoms with Crippen LogP contribution in [-0.2, 0) is 0 Å². The highest BCUT2D eigenvalue weighted by atomic mass is 16.6. The first-order chi connectivity index (χ1) is 5.24. The standard InChI is InChI=1S/C8H6NO2/c1-2-7-3-5-8(6-4-7)9(10)11/h1-6H. The predicted molar refractivity (Wildman–Crippen MR) is 41.9 cm³/mol. The second kappa shape index (κ2) is 2.96. The molecule has 55 valence electrons. The van der Waals surface area contributed by atoms with Gasteiger partial charge in [0.2, 0.25) is 0 Å². The highest BCUT2D eigenvalue weighted by Gasteiger charge is 2.01. The van der Waals surface area contributed by atoms with E-state index < -0.39 is 4.92 Å². The second-order valence-corrected chi connectivity index (χ2v) is 2.02. The van der Waals surface area contributed by atoms with Crippen molar-refractivity contribution in [3.63, 3.8) is 0 Å². The van der Waals surface area contributed by atoms with Gasteiger partial charge in [-0.3, -0.25) is 10.1 Å². The monoisotopic (exact) mass is 148 g/mol. The lowest BCUT2D eigenvalue weighted by molar-refractivity contribution is -0.384. The molecule has 0 atom stereocenters. The van der Waals surface area contributed by atoms with Gasteiger partial charge in [-0.15, -0.1) is 0 Å². The van der Waals surface area contributed by atoms with Crippen LogP contribution in [0.1, 0.15) is 5.56 Å². The van der Waals surface area contributed by atoms with Gasteiger partial charge in [0.1, 0.15) is 0 Å². The Hall–Kier alpha value is -1.64. The maximum Gasteiger partial charge on any atom is 0.269 e. The van der Waals surface area contributed by atoms with Gasteiger partial charge in [0.05, 0.1) is 4.92 Å². The molecule has 3 heteroatoms. The fourth-order valence-electron chi connectivity index (χ4n) is 0.707. The molecule has 0 N–H and O–H groups in total. The minimum absolute atomic E-state index is 0.0793. The molecule has 0 aliphatic carbocycles. The summed E-state index contributed by atoms with van der Waals surface area (Å²) in [5.41, 5.74) is 0.853. The Labute approximate surface area is 64.1 Å². The number of nitro groups is 1. The van der Waals surface area contributed by atoms with Crippen molar-refractivity contribution in [3.05, 3.63) is 46.5 Å². The van der Waals surface area contributed by atoms with Crippen molar-refractivity contribution in [2.75, 3.05) is 0 Å². The smallest absolute Gasteiger partial charge is 0.258 e. The Morgan fingerprint density at radius 3 is 2.27 bits per heavy atom. The Bertz CT molecular complexity index is 277. The highest BCUT2D eigenvalue weighted by Crippen LogP contribution is 2.11. The van der Waals surface area contributed by atoms with E-state index in [1.807, 2.05) is 0 Å². The first kappa shape index (κ1) is 7.47. The molecule has 0 saturated heterocycles. The van der Waals surface area contributed by atoms with Crippen LogP contribution >= 0.6 is 0 Å². The second-order valence-electron chi connectivity index (χ2n) is 2.02. The molecular weight excluding hydrogens is 142 g/mol. The van der Waals surface area contributed by atoms with E-state index in [9.17, 15) is 10.1 Å². The molecular formula is C8H6NO2. The van der Waals surface area contributed by atoms with Gasteiger partial charge in [-0.05, 0) is 17.7 Å². The van der Waals surface area contributed by atoms with E-state index in [1.165, 1.54) is 18.2 Å². The highest BCUT2D eigenvalue weighted by molar-refractivity contribution is 5.48. The number of rotatable bonds is 2. The van der Waals surface area contributed by atoms with Crippen molar-refractivity contribution >= 4 is 11.8 Å². The lowest BCUT2D eigenvalue weighted by Gasteiger charge is -1.91. The minimum atomic E-state index is -0.444. The zero-order chi connectivity index (χ0) is 8.27. The van der Waals surface area contributed by atoms with E-state index in [2.05, 4.69) is 0 Å². The molecule has 0 aliphatic rings. The van der Waals surface area contributed by atoms with Crippen LogP contribution < -0.4 is 0 Å². The van der Waals surface area contributed by atoms with E-state index in [4.69, 9.17) is 6.58 Å². The van der Waals surface area contributed by atoms with Gasteiger partial charge in [0, 0.05) is 12.1 Å². The van der Waals surface area contributed by atoms with Gasteiger partial charge in [-0.1, -0.05) is 12.7 Å². The van der Waals surface area contributed by atoms with Crippen LogP contribution in [0.5, 0.6) is 0 Å². The fraction of sp³-hybridized carbons (Fsp3) is 0. The molecule has 0 saturated carbocycles. The lowest BCUT2D eigenvalue weighted by atomic mass is 10.2. The fourth-order valence-corrected chi connectivity index (χ4v) is 0.707. The van der Waals surface area contributed by atoms with E-state index in [0.29, 0.717) is 0 Å². The van der Waals surface area contributed by atoms with Crippen LogP contribution in [0.3, 0.4) is 0 Å². The molecule has 11 heavy (non-hydrogen) atoms. The third-order valence-electron chi connectivity index (χ3n) is 1.30. The summed E-state index contributed by atoms with van der Waals surface area (Å²) in [5.74, 6) is 0. The quantitative estimate of drug-likeness (QED) is 0.475. The molecule has 0 fully saturated rings. The molecule has 0 bridgehead atoms. The Kier molecular flexibility index (Phi) is 2.01. The van der Waals surface area contributed by atoms with Gasteiger partial charge in [-0.2, -0.15) is 0 Å². The predicted octanol–water partition coefficient (Wildman–Crippen LogP) is 2.04. The van der Waals surface area contributed by atoms with Crippen LogP contribution in [0.25, 0.3) is 6.08 Å². The molecule has 1 radical (unpaired) electrons. The summed E-state index contributed by atoms with van der Waals surface area (Å²) < 4.78 is 0. The van der Waals surface area contributed by atoms with Crippen LogP contribution in [0.2, 0.25) is 0 Å². The summed E-state index contributed by atoms with van der Waals surface area (Å²) in [6.45, 7) is 5.18. The maximum absolute atomic E-state index is 10.2.